The van der Waals surface area contributed by atoms with Gasteiger partial charge in [-0.3, -0.25) is 0 Å². The first kappa shape index (κ1) is 11.7. The second-order valence-electron chi connectivity index (χ2n) is 4.20. The van der Waals surface area contributed by atoms with Crippen LogP contribution in [0.25, 0.3) is 4.85 Å². The van der Waals surface area contributed by atoms with Gasteiger partial charge in [0.1, 0.15) is 0 Å². The molecule has 0 amide bonds. The zero-order valence-corrected chi connectivity index (χ0v) is 9.80. The highest BCUT2D eigenvalue weighted by molar-refractivity contribution is 7.93. The Morgan fingerprint density at radius 3 is 2.20 bits per heavy atom. The first-order valence-electron chi connectivity index (χ1n) is 4.52. The quantitative estimate of drug-likeness (QED) is 0.687. The van der Waals surface area contributed by atoms with Gasteiger partial charge >= 0.3 is 0 Å². The molecule has 1 aromatic carbocycles. The number of nitrogens with zero attached hydrogens (tertiary/aromatic N) is 1. The third-order valence-corrected chi connectivity index (χ3v) is 4.62. The molecule has 0 aliphatic carbocycles. The predicted molar refractivity (Wildman–Crippen MR) is 59.6 cm³/mol. The molecule has 4 heteroatoms. The minimum Gasteiger partial charge on any atom is -0.237 e. The summed E-state index contributed by atoms with van der Waals surface area (Å²) in [4.78, 5) is 3.34. The van der Waals surface area contributed by atoms with Crippen molar-refractivity contribution in [1.29, 1.82) is 0 Å². The molecule has 0 N–H and O–H groups in total. The Balaban J connectivity index is 3.50. The van der Waals surface area contributed by atoms with Crippen molar-refractivity contribution in [2.45, 2.75) is 30.4 Å². The molecule has 0 heterocycles. The first-order chi connectivity index (χ1) is 6.80. The average molecular weight is 223 g/mol. The third kappa shape index (κ3) is 2.02. The van der Waals surface area contributed by atoms with E-state index < -0.39 is 14.6 Å². The van der Waals surface area contributed by atoms with Crippen LogP contribution in [-0.4, -0.2) is 13.2 Å². The number of benzene rings is 1. The summed E-state index contributed by atoms with van der Waals surface area (Å²) in [6, 6.07) is 6.29. The lowest BCUT2D eigenvalue weighted by Crippen LogP contribution is -2.27. The van der Waals surface area contributed by atoms with E-state index in [1.54, 1.807) is 32.9 Å². The van der Waals surface area contributed by atoms with Gasteiger partial charge in [0.25, 0.3) is 0 Å². The topological polar surface area (TPSA) is 38.5 Å². The fourth-order valence-corrected chi connectivity index (χ4v) is 2.41. The molecular weight excluding hydrogens is 210 g/mol. The van der Waals surface area contributed by atoms with E-state index in [1.165, 1.54) is 12.1 Å². The Morgan fingerprint density at radius 2 is 1.73 bits per heavy atom. The summed E-state index contributed by atoms with van der Waals surface area (Å²) in [7, 11) is -3.43. The summed E-state index contributed by atoms with van der Waals surface area (Å²) in [6.45, 7) is 11.8. The van der Waals surface area contributed by atoms with Crippen molar-refractivity contribution in [3.05, 3.63) is 35.7 Å². The molecule has 0 bridgehead atoms. The maximum atomic E-state index is 12.1. The predicted octanol–water partition coefficient (Wildman–Crippen LogP) is 2.81. The molecule has 3 nitrogen and oxygen atoms in total. The normalized spacial score (nSPS) is 12.1. The van der Waals surface area contributed by atoms with Gasteiger partial charge in [0.05, 0.1) is 16.2 Å². The number of sulfone groups is 1. The minimum atomic E-state index is -3.43. The summed E-state index contributed by atoms with van der Waals surface area (Å²) in [5.41, 5.74) is 0.187. The number of hydrogen-bond acceptors (Lipinski definition) is 2. The SMILES string of the molecule is [C-]#[N+]c1ccccc1S(=O)(=O)C(C)(C)C. The molecule has 0 aliphatic heterocycles. The molecule has 0 spiro atoms. The Bertz CT molecular complexity index is 504. The lowest BCUT2D eigenvalue weighted by atomic mass is 10.3. The highest BCUT2D eigenvalue weighted by Crippen LogP contribution is 2.31. The van der Waals surface area contributed by atoms with Crippen molar-refractivity contribution in [1.82, 2.24) is 0 Å². The summed E-state index contributed by atoms with van der Waals surface area (Å²) in [5.74, 6) is 0. The second kappa shape index (κ2) is 3.67. The van der Waals surface area contributed by atoms with Crippen molar-refractivity contribution < 1.29 is 8.42 Å². The van der Waals surface area contributed by atoms with Gasteiger partial charge in [0.15, 0.2) is 9.84 Å². The lowest BCUT2D eigenvalue weighted by molar-refractivity contribution is 0.561. The molecule has 80 valence electrons. The number of hydrogen-bond donors (Lipinski definition) is 0. The molecule has 0 saturated carbocycles. The number of rotatable bonds is 1. The van der Waals surface area contributed by atoms with E-state index in [9.17, 15) is 8.42 Å². The zero-order valence-electron chi connectivity index (χ0n) is 8.98. The van der Waals surface area contributed by atoms with E-state index in [4.69, 9.17) is 6.57 Å². The van der Waals surface area contributed by atoms with E-state index in [0.717, 1.165) is 0 Å². The maximum absolute atomic E-state index is 12.1. The fraction of sp³-hybridized carbons (Fsp3) is 0.364. The largest absolute Gasteiger partial charge is 0.237 e. The van der Waals surface area contributed by atoms with E-state index in [-0.39, 0.29) is 10.6 Å². The monoisotopic (exact) mass is 223 g/mol. The van der Waals surface area contributed by atoms with Gasteiger partial charge in [-0.05, 0) is 20.8 Å². The summed E-state index contributed by atoms with van der Waals surface area (Å²) in [6.07, 6.45) is 0. The van der Waals surface area contributed by atoms with Crippen LogP contribution in [0.2, 0.25) is 0 Å². The zero-order chi connectivity index (χ0) is 11.7. The lowest BCUT2D eigenvalue weighted by Gasteiger charge is -2.19. The van der Waals surface area contributed by atoms with Crippen molar-refractivity contribution >= 4 is 15.5 Å². The van der Waals surface area contributed by atoms with Gasteiger partial charge in [-0.15, -0.1) is 0 Å². The van der Waals surface area contributed by atoms with Crippen LogP contribution in [0.15, 0.2) is 29.2 Å². The van der Waals surface area contributed by atoms with Crippen LogP contribution in [0, 0.1) is 6.57 Å². The van der Waals surface area contributed by atoms with Crippen molar-refractivity contribution in [2.24, 2.45) is 0 Å². The van der Waals surface area contributed by atoms with E-state index >= 15 is 0 Å². The Kier molecular flexibility index (Phi) is 2.87. The summed E-state index contributed by atoms with van der Waals surface area (Å²) in [5, 5.41) is 0. The molecule has 1 aromatic rings. The first-order valence-corrected chi connectivity index (χ1v) is 6.00. The third-order valence-electron chi connectivity index (χ3n) is 2.08. The number of para-hydroxylation sites is 1. The molecule has 0 atom stereocenters. The highest BCUT2D eigenvalue weighted by atomic mass is 32.2. The van der Waals surface area contributed by atoms with Crippen LogP contribution < -0.4 is 0 Å². The van der Waals surface area contributed by atoms with Crippen LogP contribution in [0.3, 0.4) is 0 Å². The Labute approximate surface area is 90.5 Å². The molecule has 0 saturated heterocycles. The molecule has 15 heavy (non-hydrogen) atoms. The van der Waals surface area contributed by atoms with Crippen LogP contribution >= 0.6 is 0 Å². The molecule has 0 fully saturated rings. The highest BCUT2D eigenvalue weighted by Gasteiger charge is 2.32. The maximum Gasteiger partial charge on any atom is 0.205 e. The van der Waals surface area contributed by atoms with Gasteiger partial charge in [-0.2, -0.15) is 0 Å². The smallest absolute Gasteiger partial charge is 0.205 e. The van der Waals surface area contributed by atoms with E-state index in [1.807, 2.05) is 0 Å². The minimum absolute atomic E-state index is 0.118. The van der Waals surface area contributed by atoms with Crippen LogP contribution in [0.4, 0.5) is 5.69 Å². The molecular formula is C11H13NO2S. The van der Waals surface area contributed by atoms with Gasteiger partial charge in [-0.1, -0.05) is 24.3 Å². The molecule has 1 rings (SSSR count). The van der Waals surface area contributed by atoms with Gasteiger partial charge in [0.2, 0.25) is 5.69 Å². The molecule has 0 aromatic heterocycles. The van der Waals surface area contributed by atoms with E-state index in [2.05, 4.69) is 4.85 Å². The van der Waals surface area contributed by atoms with Crippen molar-refractivity contribution in [3.8, 4) is 0 Å². The summed E-state index contributed by atoms with van der Waals surface area (Å²) < 4.78 is 23.3. The average Bonchev–Trinajstić information content (AvgIpc) is 2.16. The standard InChI is InChI=1S/C11H13NO2S/c1-11(2,3)15(13,14)10-8-6-5-7-9(10)12-4/h5-8H,1-3H3. The van der Waals surface area contributed by atoms with Gasteiger partial charge in [0, 0.05) is 0 Å². The Morgan fingerprint density at radius 1 is 1.20 bits per heavy atom. The van der Waals surface area contributed by atoms with Gasteiger partial charge < -0.3 is 0 Å². The van der Waals surface area contributed by atoms with E-state index in [0.29, 0.717) is 0 Å². The van der Waals surface area contributed by atoms with Crippen LogP contribution in [0.5, 0.6) is 0 Å². The van der Waals surface area contributed by atoms with Gasteiger partial charge in [-0.25, -0.2) is 13.3 Å². The fourth-order valence-electron chi connectivity index (χ4n) is 1.11. The van der Waals surface area contributed by atoms with Crippen LogP contribution in [0.1, 0.15) is 20.8 Å². The molecule has 0 unspecified atom stereocenters. The Hall–Kier alpha value is -1.34. The van der Waals surface area contributed by atoms with Crippen LogP contribution in [-0.2, 0) is 9.84 Å². The van der Waals surface area contributed by atoms with Crippen molar-refractivity contribution in [2.75, 3.05) is 0 Å². The molecule has 0 radical (unpaired) electrons. The molecule has 0 aliphatic rings. The summed E-state index contributed by atoms with van der Waals surface area (Å²) >= 11 is 0. The van der Waals surface area contributed by atoms with Crippen molar-refractivity contribution in [3.63, 3.8) is 0 Å². The second-order valence-corrected chi connectivity index (χ2v) is 6.87.